The Morgan fingerprint density at radius 2 is 2.11 bits per heavy atom. The molecule has 1 N–H and O–H groups in total. The maximum absolute atomic E-state index is 12.3. The van der Waals surface area contributed by atoms with Gasteiger partial charge >= 0.3 is 0 Å². The summed E-state index contributed by atoms with van der Waals surface area (Å²) in [6.45, 7) is 0. The number of hydrogen-bond acceptors (Lipinski definition) is 2. The monoisotopic (exact) mass is 251 g/mol. The van der Waals surface area contributed by atoms with Gasteiger partial charge in [-0.1, -0.05) is 12.1 Å². The van der Waals surface area contributed by atoms with Crippen LogP contribution in [0.5, 0.6) is 0 Å². The van der Waals surface area contributed by atoms with Gasteiger partial charge in [0.25, 0.3) is 5.91 Å². The summed E-state index contributed by atoms with van der Waals surface area (Å²) >= 11 is 0. The first kappa shape index (κ1) is 11.5. The van der Waals surface area contributed by atoms with Crippen LogP contribution in [0.15, 0.2) is 55.0 Å². The van der Waals surface area contributed by atoms with Crippen LogP contribution >= 0.6 is 0 Å². The summed E-state index contributed by atoms with van der Waals surface area (Å²) in [5.41, 5.74) is 2.29. The Kier molecular flexibility index (Phi) is 2.76. The van der Waals surface area contributed by atoms with Crippen molar-refractivity contribution >= 4 is 22.5 Å². The van der Waals surface area contributed by atoms with Gasteiger partial charge in [-0.05, 0) is 24.3 Å². The number of pyridine rings is 1. The summed E-state index contributed by atoms with van der Waals surface area (Å²) in [5.74, 6) is -0.125. The zero-order chi connectivity index (χ0) is 13.2. The van der Waals surface area contributed by atoms with Crippen molar-refractivity contribution in [2.45, 2.75) is 0 Å². The van der Waals surface area contributed by atoms with E-state index in [1.807, 2.05) is 48.1 Å². The third-order valence-electron chi connectivity index (χ3n) is 3.06. The van der Waals surface area contributed by atoms with E-state index in [-0.39, 0.29) is 5.91 Å². The van der Waals surface area contributed by atoms with E-state index >= 15 is 0 Å². The van der Waals surface area contributed by atoms with Gasteiger partial charge < -0.3 is 9.88 Å². The molecular formula is C15H13N3O. The van der Waals surface area contributed by atoms with Crippen LogP contribution < -0.4 is 5.32 Å². The summed E-state index contributed by atoms with van der Waals surface area (Å²) in [6.07, 6.45) is 5.25. The topological polar surface area (TPSA) is 46.9 Å². The second-order valence-electron chi connectivity index (χ2n) is 4.37. The first-order chi connectivity index (χ1) is 9.25. The highest BCUT2D eigenvalue weighted by molar-refractivity contribution is 6.12. The number of nitrogens with zero attached hydrogens (tertiary/aromatic N) is 2. The van der Waals surface area contributed by atoms with Crippen molar-refractivity contribution in [2.75, 3.05) is 5.32 Å². The van der Waals surface area contributed by atoms with Crippen LogP contribution in [0.1, 0.15) is 10.4 Å². The number of nitrogens with one attached hydrogen (secondary N) is 1. The van der Waals surface area contributed by atoms with Gasteiger partial charge in [0.1, 0.15) is 0 Å². The highest BCUT2D eigenvalue weighted by atomic mass is 16.1. The van der Waals surface area contributed by atoms with Crippen molar-refractivity contribution in [3.8, 4) is 0 Å². The molecular weight excluding hydrogens is 238 g/mol. The minimum absolute atomic E-state index is 0.125. The largest absolute Gasteiger partial charge is 0.350 e. The highest BCUT2D eigenvalue weighted by Gasteiger charge is 2.12. The van der Waals surface area contributed by atoms with Crippen molar-refractivity contribution in [3.63, 3.8) is 0 Å². The molecule has 0 aliphatic carbocycles. The number of carbonyl (C=O) groups excluding carboxylic acids is 1. The van der Waals surface area contributed by atoms with Gasteiger partial charge in [-0.3, -0.25) is 9.78 Å². The fraction of sp³-hybridized carbons (Fsp3) is 0.0667. The van der Waals surface area contributed by atoms with Crippen LogP contribution in [0.4, 0.5) is 5.69 Å². The Bertz CT molecular complexity index is 731. The van der Waals surface area contributed by atoms with Crippen molar-refractivity contribution in [1.29, 1.82) is 0 Å². The number of para-hydroxylation sites is 1. The molecule has 4 heteroatoms. The third kappa shape index (κ3) is 2.08. The van der Waals surface area contributed by atoms with E-state index in [0.29, 0.717) is 11.3 Å². The number of rotatable bonds is 2. The second kappa shape index (κ2) is 4.57. The molecule has 0 saturated carbocycles. The Morgan fingerprint density at radius 1 is 1.21 bits per heavy atom. The number of aromatic nitrogens is 2. The minimum Gasteiger partial charge on any atom is -0.350 e. The third-order valence-corrected chi connectivity index (χ3v) is 3.06. The lowest BCUT2D eigenvalue weighted by molar-refractivity contribution is 0.102. The standard InChI is InChI=1S/C15H13N3O/c1-18-9-7-11-4-2-6-13(14(11)18)15(19)17-12-5-3-8-16-10-12/h2-10H,1H3,(H,17,19). The smallest absolute Gasteiger partial charge is 0.257 e. The highest BCUT2D eigenvalue weighted by Crippen LogP contribution is 2.20. The molecule has 2 aromatic heterocycles. The van der Waals surface area contributed by atoms with Gasteiger partial charge in [-0.2, -0.15) is 0 Å². The Morgan fingerprint density at radius 3 is 2.89 bits per heavy atom. The molecule has 0 bridgehead atoms. The molecule has 3 rings (SSSR count). The minimum atomic E-state index is -0.125. The number of amides is 1. The van der Waals surface area contributed by atoms with Gasteiger partial charge in [-0.15, -0.1) is 0 Å². The maximum Gasteiger partial charge on any atom is 0.257 e. The average molecular weight is 251 g/mol. The van der Waals surface area contributed by atoms with Gasteiger partial charge in [0.05, 0.1) is 23.0 Å². The first-order valence-electron chi connectivity index (χ1n) is 6.01. The molecule has 0 unspecified atom stereocenters. The summed E-state index contributed by atoms with van der Waals surface area (Å²) in [6, 6.07) is 11.3. The van der Waals surface area contributed by atoms with Crippen LogP contribution in [-0.4, -0.2) is 15.5 Å². The van der Waals surface area contributed by atoms with Crippen molar-refractivity contribution < 1.29 is 4.79 Å². The van der Waals surface area contributed by atoms with Crippen molar-refractivity contribution in [2.24, 2.45) is 7.05 Å². The Hall–Kier alpha value is -2.62. The SMILES string of the molecule is Cn1ccc2cccc(C(=O)Nc3cccnc3)c21. The van der Waals surface area contributed by atoms with Gasteiger partial charge in [-0.25, -0.2) is 0 Å². The zero-order valence-corrected chi connectivity index (χ0v) is 10.5. The van der Waals surface area contributed by atoms with E-state index in [0.717, 1.165) is 10.9 Å². The molecule has 0 aliphatic rings. The van der Waals surface area contributed by atoms with Crippen LogP contribution in [-0.2, 0) is 7.05 Å². The predicted molar refractivity (Wildman–Crippen MR) is 75.1 cm³/mol. The fourth-order valence-electron chi connectivity index (χ4n) is 2.17. The number of carbonyl (C=O) groups is 1. The molecule has 0 saturated heterocycles. The second-order valence-corrected chi connectivity index (χ2v) is 4.37. The van der Waals surface area contributed by atoms with Crippen molar-refractivity contribution in [3.05, 3.63) is 60.6 Å². The Labute approximate surface area is 110 Å². The van der Waals surface area contributed by atoms with Crippen LogP contribution in [0, 0.1) is 0 Å². The van der Waals surface area contributed by atoms with E-state index in [1.165, 1.54) is 0 Å². The molecule has 4 nitrogen and oxygen atoms in total. The van der Waals surface area contributed by atoms with Crippen LogP contribution in [0.3, 0.4) is 0 Å². The van der Waals surface area contributed by atoms with E-state index in [1.54, 1.807) is 18.5 Å². The lowest BCUT2D eigenvalue weighted by Crippen LogP contribution is -2.13. The number of anilines is 1. The molecule has 3 aromatic rings. The van der Waals surface area contributed by atoms with Crippen LogP contribution in [0.25, 0.3) is 10.9 Å². The van der Waals surface area contributed by atoms with Gasteiger partial charge in [0.15, 0.2) is 0 Å². The molecule has 0 spiro atoms. The van der Waals surface area contributed by atoms with E-state index in [4.69, 9.17) is 0 Å². The molecule has 1 amide bonds. The summed E-state index contributed by atoms with van der Waals surface area (Å²) in [4.78, 5) is 16.3. The normalized spacial score (nSPS) is 10.6. The summed E-state index contributed by atoms with van der Waals surface area (Å²) in [7, 11) is 1.93. The van der Waals surface area contributed by atoms with Gasteiger partial charge in [0, 0.05) is 24.8 Å². The molecule has 0 fully saturated rings. The molecule has 0 atom stereocenters. The molecule has 1 aromatic carbocycles. The quantitative estimate of drug-likeness (QED) is 0.761. The average Bonchev–Trinajstić information content (AvgIpc) is 2.82. The maximum atomic E-state index is 12.3. The van der Waals surface area contributed by atoms with E-state index < -0.39 is 0 Å². The summed E-state index contributed by atoms with van der Waals surface area (Å²) in [5, 5.41) is 3.91. The molecule has 2 heterocycles. The Balaban J connectivity index is 2.00. The van der Waals surface area contributed by atoms with Crippen LogP contribution in [0.2, 0.25) is 0 Å². The number of fused-ring (bicyclic) bond motifs is 1. The van der Waals surface area contributed by atoms with Crippen molar-refractivity contribution in [1.82, 2.24) is 9.55 Å². The lowest BCUT2D eigenvalue weighted by Gasteiger charge is -2.07. The zero-order valence-electron chi connectivity index (χ0n) is 10.5. The fourth-order valence-corrected chi connectivity index (χ4v) is 2.17. The number of benzene rings is 1. The van der Waals surface area contributed by atoms with E-state index in [9.17, 15) is 4.79 Å². The number of hydrogen-bond donors (Lipinski definition) is 1. The predicted octanol–water partition coefficient (Wildman–Crippen LogP) is 2.83. The van der Waals surface area contributed by atoms with E-state index in [2.05, 4.69) is 10.3 Å². The first-order valence-corrected chi connectivity index (χ1v) is 6.01. The summed E-state index contributed by atoms with van der Waals surface area (Å²) < 4.78 is 1.95. The molecule has 0 aliphatic heterocycles. The molecule has 19 heavy (non-hydrogen) atoms. The molecule has 0 radical (unpaired) electrons. The number of aryl methyl sites for hydroxylation is 1. The molecule has 94 valence electrons. The lowest BCUT2D eigenvalue weighted by atomic mass is 10.1. The van der Waals surface area contributed by atoms with Gasteiger partial charge in [0.2, 0.25) is 0 Å².